The Kier molecular flexibility index (Phi) is 8.52. The highest BCUT2D eigenvalue weighted by Gasteiger charge is 2.01. The number of hydrogen-bond donors (Lipinski definition) is 3. The third-order valence-electron chi connectivity index (χ3n) is 1.75. The van der Waals surface area contributed by atoms with Crippen molar-refractivity contribution in [1.29, 1.82) is 0 Å². The summed E-state index contributed by atoms with van der Waals surface area (Å²) >= 11 is 0. The molecule has 5 heteroatoms. The highest BCUT2D eigenvalue weighted by atomic mass is 16.1. The van der Waals surface area contributed by atoms with Crippen LogP contribution in [0.4, 0.5) is 0 Å². The Morgan fingerprint density at radius 3 is 2.20 bits per heavy atom. The van der Waals surface area contributed by atoms with Gasteiger partial charge in [-0.25, -0.2) is 0 Å². The number of rotatable bonds is 6. The molecule has 88 valence electrons. The van der Waals surface area contributed by atoms with E-state index in [1.807, 2.05) is 6.92 Å². The molecule has 5 nitrogen and oxygen atoms in total. The van der Waals surface area contributed by atoms with E-state index in [2.05, 4.69) is 27.9 Å². The molecule has 0 bridgehead atoms. The molecule has 0 fully saturated rings. The monoisotopic (exact) mass is 214 g/mol. The minimum atomic E-state index is -0.00343. The lowest BCUT2D eigenvalue weighted by molar-refractivity contribution is -0.120. The van der Waals surface area contributed by atoms with Gasteiger partial charge in [-0.2, -0.15) is 0 Å². The lowest BCUT2D eigenvalue weighted by atomic mass is 10.4. The Hall–Kier alpha value is -1.26. The minimum Gasteiger partial charge on any atom is -0.356 e. The summed E-state index contributed by atoms with van der Waals surface area (Å²) in [6.45, 7) is 5.95. The zero-order valence-corrected chi connectivity index (χ0v) is 9.89. The maximum absolute atomic E-state index is 11.2. The van der Waals surface area contributed by atoms with Crippen LogP contribution < -0.4 is 16.0 Å². The van der Waals surface area contributed by atoms with Crippen molar-refractivity contribution < 1.29 is 4.79 Å². The highest BCUT2D eigenvalue weighted by Crippen LogP contribution is 1.74. The van der Waals surface area contributed by atoms with Crippen molar-refractivity contribution in [1.82, 2.24) is 16.0 Å². The predicted molar refractivity (Wildman–Crippen MR) is 63.0 cm³/mol. The van der Waals surface area contributed by atoms with Gasteiger partial charge in [0.05, 0.1) is 6.54 Å². The normalized spacial score (nSPS) is 11.0. The van der Waals surface area contributed by atoms with Crippen LogP contribution in [0.2, 0.25) is 0 Å². The van der Waals surface area contributed by atoms with E-state index in [0.29, 0.717) is 5.96 Å². The van der Waals surface area contributed by atoms with E-state index in [1.165, 1.54) is 0 Å². The van der Waals surface area contributed by atoms with Gasteiger partial charge in [-0.15, -0.1) is 0 Å². The largest absolute Gasteiger partial charge is 0.356 e. The topological polar surface area (TPSA) is 65.5 Å². The molecule has 1 amide bonds. The highest BCUT2D eigenvalue weighted by molar-refractivity contribution is 5.86. The summed E-state index contributed by atoms with van der Waals surface area (Å²) in [5, 5.41) is 8.81. The maximum atomic E-state index is 11.2. The van der Waals surface area contributed by atoms with Crippen LogP contribution in [0.15, 0.2) is 4.99 Å². The Balaban J connectivity index is 3.66. The molecular formula is C10H22N4O. The number of nitrogens with one attached hydrogen (secondary N) is 3. The van der Waals surface area contributed by atoms with Crippen molar-refractivity contribution in [2.75, 3.05) is 26.7 Å². The van der Waals surface area contributed by atoms with Gasteiger partial charge in [0.25, 0.3) is 0 Å². The van der Waals surface area contributed by atoms with Crippen LogP contribution in [0.25, 0.3) is 0 Å². The van der Waals surface area contributed by atoms with Gasteiger partial charge in [-0.1, -0.05) is 13.8 Å². The van der Waals surface area contributed by atoms with Crippen molar-refractivity contribution in [3.8, 4) is 0 Å². The van der Waals surface area contributed by atoms with E-state index in [4.69, 9.17) is 0 Å². The van der Waals surface area contributed by atoms with Gasteiger partial charge >= 0.3 is 0 Å². The van der Waals surface area contributed by atoms with Crippen LogP contribution in [0.5, 0.6) is 0 Å². The SMILES string of the molecule is CCCNC(=O)CNC(=NC)NCCC. The maximum Gasteiger partial charge on any atom is 0.239 e. The quantitative estimate of drug-likeness (QED) is 0.433. The number of carbonyl (C=O) groups is 1. The second-order valence-electron chi connectivity index (χ2n) is 3.20. The second kappa shape index (κ2) is 9.30. The van der Waals surface area contributed by atoms with Gasteiger partial charge in [0, 0.05) is 20.1 Å². The van der Waals surface area contributed by atoms with Crippen LogP contribution in [0.3, 0.4) is 0 Å². The number of aliphatic imine (C=N–C) groups is 1. The molecule has 0 aliphatic rings. The molecule has 0 spiro atoms. The van der Waals surface area contributed by atoms with Gasteiger partial charge in [-0.3, -0.25) is 9.79 Å². The van der Waals surface area contributed by atoms with Gasteiger partial charge in [0.15, 0.2) is 5.96 Å². The fraction of sp³-hybridized carbons (Fsp3) is 0.800. The lowest BCUT2D eigenvalue weighted by Crippen LogP contribution is -2.43. The summed E-state index contributed by atoms with van der Waals surface area (Å²) in [5.41, 5.74) is 0. The fourth-order valence-corrected chi connectivity index (χ4v) is 0.955. The molecular weight excluding hydrogens is 192 g/mol. The summed E-state index contributed by atoms with van der Waals surface area (Å²) in [4.78, 5) is 15.2. The number of guanidine groups is 1. The average Bonchev–Trinajstić information content (AvgIpc) is 2.26. The summed E-state index contributed by atoms with van der Waals surface area (Å²) in [6.07, 6.45) is 1.98. The van der Waals surface area contributed by atoms with Gasteiger partial charge in [-0.05, 0) is 12.8 Å². The number of carbonyl (C=O) groups excluding carboxylic acids is 1. The molecule has 3 N–H and O–H groups in total. The van der Waals surface area contributed by atoms with Crippen LogP contribution >= 0.6 is 0 Å². The Bertz CT molecular complexity index is 204. The van der Waals surface area contributed by atoms with E-state index in [-0.39, 0.29) is 12.5 Å². The smallest absolute Gasteiger partial charge is 0.239 e. The van der Waals surface area contributed by atoms with Gasteiger partial charge < -0.3 is 16.0 Å². The first kappa shape index (κ1) is 13.7. The van der Waals surface area contributed by atoms with Crippen molar-refractivity contribution in [2.24, 2.45) is 4.99 Å². The van der Waals surface area contributed by atoms with Gasteiger partial charge in [0.2, 0.25) is 5.91 Å². The molecule has 0 unspecified atom stereocenters. The zero-order chi connectivity index (χ0) is 11.5. The molecule has 0 radical (unpaired) electrons. The third kappa shape index (κ3) is 7.78. The minimum absolute atomic E-state index is 0.00343. The zero-order valence-electron chi connectivity index (χ0n) is 9.89. The summed E-state index contributed by atoms with van der Waals surface area (Å²) in [6, 6.07) is 0. The standard InChI is InChI=1S/C10H22N4O/c1-4-6-12-9(15)8-14-10(11-3)13-7-5-2/h4-8H2,1-3H3,(H,12,15)(H2,11,13,14). The summed E-state index contributed by atoms with van der Waals surface area (Å²) in [5.74, 6) is 0.666. The van der Waals surface area contributed by atoms with E-state index in [9.17, 15) is 4.79 Å². The van der Waals surface area contributed by atoms with E-state index in [0.717, 1.165) is 25.9 Å². The molecule has 0 aromatic rings. The summed E-state index contributed by atoms with van der Waals surface area (Å²) < 4.78 is 0. The molecule has 0 rings (SSSR count). The van der Waals surface area contributed by atoms with E-state index >= 15 is 0 Å². The number of amides is 1. The molecule has 0 saturated carbocycles. The van der Waals surface area contributed by atoms with Crippen molar-refractivity contribution in [2.45, 2.75) is 26.7 Å². The average molecular weight is 214 g/mol. The molecule has 0 saturated heterocycles. The number of hydrogen-bond acceptors (Lipinski definition) is 2. The third-order valence-corrected chi connectivity index (χ3v) is 1.75. The van der Waals surface area contributed by atoms with E-state index in [1.54, 1.807) is 7.05 Å². The molecule has 0 aromatic heterocycles. The Morgan fingerprint density at radius 1 is 1.07 bits per heavy atom. The second-order valence-corrected chi connectivity index (χ2v) is 3.20. The molecule has 0 aromatic carbocycles. The first-order valence-corrected chi connectivity index (χ1v) is 5.45. The van der Waals surface area contributed by atoms with Crippen LogP contribution in [-0.4, -0.2) is 38.5 Å². The molecule has 0 atom stereocenters. The first-order chi connectivity index (χ1) is 7.24. The molecule has 15 heavy (non-hydrogen) atoms. The molecule has 0 heterocycles. The van der Waals surface area contributed by atoms with Crippen molar-refractivity contribution >= 4 is 11.9 Å². The van der Waals surface area contributed by atoms with Gasteiger partial charge in [0.1, 0.15) is 0 Å². The molecule has 0 aliphatic carbocycles. The Labute approximate surface area is 91.7 Å². The van der Waals surface area contributed by atoms with E-state index < -0.39 is 0 Å². The summed E-state index contributed by atoms with van der Waals surface area (Å²) in [7, 11) is 1.69. The van der Waals surface area contributed by atoms with Crippen molar-refractivity contribution in [3.63, 3.8) is 0 Å². The van der Waals surface area contributed by atoms with Crippen LogP contribution in [0, 0.1) is 0 Å². The Morgan fingerprint density at radius 2 is 1.67 bits per heavy atom. The number of nitrogens with zero attached hydrogens (tertiary/aromatic N) is 1. The van der Waals surface area contributed by atoms with Crippen LogP contribution in [-0.2, 0) is 4.79 Å². The van der Waals surface area contributed by atoms with Crippen molar-refractivity contribution in [3.05, 3.63) is 0 Å². The lowest BCUT2D eigenvalue weighted by Gasteiger charge is -2.10. The fourth-order valence-electron chi connectivity index (χ4n) is 0.955. The molecule has 0 aliphatic heterocycles. The first-order valence-electron chi connectivity index (χ1n) is 5.45. The van der Waals surface area contributed by atoms with Crippen LogP contribution in [0.1, 0.15) is 26.7 Å². The predicted octanol–water partition coefficient (Wildman–Crippen LogP) is 0.0876.